The summed E-state index contributed by atoms with van der Waals surface area (Å²) in [5.41, 5.74) is 0. The van der Waals surface area contributed by atoms with E-state index in [1.54, 1.807) is 4.90 Å². The van der Waals surface area contributed by atoms with Crippen molar-refractivity contribution in [3.05, 3.63) is 0 Å². The zero-order valence-electron chi connectivity index (χ0n) is 9.59. The highest BCUT2D eigenvalue weighted by atomic mass is 16.4. The molecule has 0 bridgehead atoms. The Morgan fingerprint density at radius 2 is 2.19 bits per heavy atom. The fraction of sp³-hybridized carbons (Fsp3) is 0.800. The van der Waals surface area contributed by atoms with E-state index >= 15 is 0 Å². The monoisotopic (exact) mass is 230 g/mol. The van der Waals surface area contributed by atoms with Gasteiger partial charge in [0.25, 0.3) is 0 Å². The van der Waals surface area contributed by atoms with Gasteiger partial charge in [-0.15, -0.1) is 0 Å². The number of likely N-dealkylation sites (N-methyl/N-ethyl adjacent to an activating group) is 1. The van der Waals surface area contributed by atoms with Crippen LogP contribution in [0.25, 0.3) is 0 Å². The molecule has 0 aromatic rings. The van der Waals surface area contributed by atoms with Crippen molar-refractivity contribution in [1.29, 1.82) is 0 Å². The van der Waals surface area contributed by atoms with Gasteiger partial charge < -0.3 is 20.0 Å². The molecule has 0 spiro atoms. The van der Waals surface area contributed by atoms with Gasteiger partial charge in [0.05, 0.1) is 0 Å². The Morgan fingerprint density at radius 1 is 1.56 bits per heavy atom. The molecule has 2 atom stereocenters. The lowest BCUT2D eigenvalue weighted by Gasteiger charge is -2.27. The number of nitrogens with zero attached hydrogens (tertiary/aromatic N) is 2. The molecule has 1 aliphatic heterocycles. The van der Waals surface area contributed by atoms with Crippen molar-refractivity contribution in [1.82, 2.24) is 9.80 Å². The number of hydrogen-bond donors (Lipinski definition) is 2. The average molecular weight is 230 g/mol. The van der Waals surface area contributed by atoms with E-state index < -0.39 is 12.0 Å². The number of aliphatic hydroxyl groups excluding tert-OH is 1. The fourth-order valence-corrected chi connectivity index (χ4v) is 1.71. The maximum atomic E-state index is 11.9. The zero-order valence-corrected chi connectivity index (χ0v) is 9.59. The van der Waals surface area contributed by atoms with Crippen LogP contribution in [0.1, 0.15) is 13.3 Å². The highest BCUT2D eigenvalue weighted by Gasteiger charge is 2.30. The van der Waals surface area contributed by atoms with Crippen molar-refractivity contribution in [2.45, 2.75) is 19.4 Å². The molecule has 1 rings (SSSR count). The normalized spacial score (nSPS) is 21.9. The molecule has 1 saturated heterocycles. The summed E-state index contributed by atoms with van der Waals surface area (Å²) in [5, 5.41) is 17.7. The van der Waals surface area contributed by atoms with E-state index in [9.17, 15) is 9.59 Å². The molecular weight excluding hydrogens is 212 g/mol. The number of carboxylic acids is 1. The Hall–Kier alpha value is -1.30. The van der Waals surface area contributed by atoms with Crippen molar-refractivity contribution in [3.63, 3.8) is 0 Å². The zero-order chi connectivity index (χ0) is 12.3. The average Bonchev–Trinajstić information content (AvgIpc) is 2.74. The molecule has 92 valence electrons. The third-order valence-corrected chi connectivity index (χ3v) is 3.05. The number of likely N-dealkylation sites (tertiary alicyclic amines) is 1. The standard InChI is InChI=1S/C10H18N2O4/c1-7(9(14)15)11(2)10(16)12-4-3-8(5-12)6-13/h7-8,13H,3-6H2,1-2H3,(H,14,15). The summed E-state index contributed by atoms with van der Waals surface area (Å²) >= 11 is 0. The maximum Gasteiger partial charge on any atom is 0.326 e. The second-order valence-corrected chi connectivity index (χ2v) is 4.19. The molecule has 6 heteroatoms. The van der Waals surface area contributed by atoms with Gasteiger partial charge >= 0.3 is 12.0 Å². The fourth-order valence-electron chi connectivity index (χ4n) is 1.71. The summed E-state index contributed by atoms with van der Waals surface area (Å²) in [5.74, 6) is -0.897. The Kier molecular flexibility index (Phi) is 4.12. The van der Waals surface area contributed by atoms with Gasteiger partial charge in [0.2, 0.25) is 0 Å². The molecule has 16 heavy (non-hydrogen) atoms. The number of urea groups is 1. The second-order valence-electron chi connectivity index (χ2n) is 4.19. The van der Waals surface area contributed by atoms with Gasteiger partial charge in [-0.2, -0.15) is 0 Å². The summed E-state index contributed by atoms with van der Waals surface area (Å²) in [7, 11) is 1.48. The molecule has 1 aliphatic rings. The molecule has 0 aromatic carbocycles. The number of aliphatic carboxylic acids is 1. The first-order chi connectivity index (χ1) is 7.47. The molecule has 1 fully saturated rings. The van der Waals surface area contributed by atoms with Crippen molar-refractivity contribution in [2.24, 2.45) is 5.92 Å². The summed E-state index contributed by atoms with van der Waals surface area (Å²) in [6.07, 6.45) is 0.775. The minimum atomic E-state index is -1.02. The minimum absolute atomic E-state index is 0.0714. The van der Waals surface area contributed by atoms with Crippen molar-refractivity contribution < 1.29 is 19.8 Å². The van der Waals surface area contributed by atoms with Gasteiger partial charge in [0.1, 0.15) is 6.04 Å². The molecular formula is C10H18N2O4. The smallest absolute Gasteiger partial charge is 0.326 e. The Morgan fingerprint density at radius 3 is 2.62 bits per heavy atom. The van der Waals surface area contributed by atoms with Crippen LogP contribution in [0.4, 0.5) is 4.79 Å². The van der Waals surface area contributed by atoms with Crippen LogP contribution in [-0.4, -0.2) is 64.8 Å². The quantitative estimate of drug-likeness (QED) is 0.705. The lowest BCUT2D eigenvalue weighted by Crippen LogP contribution is -2.47. The van der Waals surface area contributed by atoms with Crippen LogP contribution in [0.15, 0.2) is 0 Å². The maximum absolute atomic E-state index is 11.9. The van der Waals surface area contributed by atoms with Crippen LogP contribution in [0, 0.1) is 5.92 Å². The Bertz CT molecular complexity index is 282. The van der Waals surface area contributed by atoms with Crippen molar-refractivity contribution in [2.75, 3.05) is 26.7 Å². The number of carboxylic acid groups (broad SMARTS) is 1. The van der Waals surface area contributed by atoms with E-state index in [4.69, 9.17) is 10.2 Å². The van der Waals surface area contributed by atoms with E-state index in [2.05, 4.69) is 0 Å². The van der Waals surface area contributed by atoms with E-state index in [1.165, 1.54) is 18.9 Å². The van der Waals surface area contributed by atoms with Gasteiger partial charge in [-0.25, -0.2) is 9.59 Å². The van der Waals surface area contributed by atoms with Crippen LogP contribution >= 0.6 is 0 Å². The van der Waals surface area contributed by atoms with Crippen LogP contribution in [0.5, 0.6) is 0 Å². The summed E-state index contributed by atoms with van der Waals surface area (Å²) in [4.78, 5) is 25.4. The Labute approximate surface area is 94.4 Å². The third-order valence-electron chi connectivity index (χ3n) is 3.05. The summed E-state index contributed by atoms with van der Waals surface area (Å²) < 4.78 is 0. The van der Waals surface area contributed by atoms with Crippen LogP contribution < -0.4 is 0 Å². The lowest BCUT2D eigenvalue weighted by atomic mass is 10.1. The highest BCUT2D eigenvalue weighted by Crippen LogP contribution is 2.17. The third kappa shape index (κ3) is 2.63. The van der Waals surface area contributed by atoms with E-state index in [0.717, 1.165) is 6.42 Å². The first-order valence-corrected chi connectivity index (χ1v) is 5.32. The van der Waals surface area contributed by atoms with E-state index in [0.29, 0.717) is 13.1 Å². The molecule has 2 unspecified atom stereocenters. The predicted molar refractivity (Wildman–Crippen MR) is 57.0 cm³/mol. The van der Waals surface area contributed by atoms with E-state index in [1.807, 2.05) is 0 Å². The first-order valence-electron chi connectivity index (χ1n) is 5.32. The minimum Gasteiger partial charge on any atom is -0.480 e. The molecule has 0 aliphatic carbocycles. The SMILES string of the molecule is CC(C(=O)O)N(C)C(=O)N1CCC(CO)C1. The molecule has 0 radical (unpaired) electrons. The molecule has 2 amide bonds. The van der Waals surface area contributed by atoms with Crippen molar-refractivity contribution >= 4 is 12.0 Å². The molecule has 1 heterocycles. The van der Waals surface area contributed by atoms with Crippen molar-refractivity contribution in [3.8, 4) is 0 Å². The summed E-state index contributed by atoms with van der Waals surface area (Å²) in [6.45, 7) is 2.63. The largest absolute Gasteiger partial charge is 0.480 e. The topological polar surface area (TPSA) is 81.1 Å². The predicted octanol–water partition coefficient (Wildman–Crippen LogP) is -0.174. The first kappa shape index (κ1) is 12.8. The van der Waals surface area contributed by atoms with E-state index in [-0.39, 0.29) is 18.6 Å². The number of rotatable bonds is 3. The van der Waals surface area contributed by atoms with Gasteiger partial charge in [0.15, 0.2) is 0 Å². The van der Waals surface area contributed by atoms with Gasteiger partial charge in [-0.3, -0.25) is 0 Å². The lowest BCUT2D eigenvalue weighted by molar-refractivity contribution is -0.141. The summed E-state index contributed by atoms with van der Waals surface area (Å²) in [6, 6.07) is -1.12. The van der Waals surface area contributed by atoms with Crippen LogP contribution in [0.3, 0.4) is 0 Å². The number of carbonyl (C=O) groups is 2. The molecule has 2 N–H and O–H groups in total. The number of amides is 2. The van der Waals surface area contributed by atoms with Crippen LogP contribution in [0.2, 0.25) is 0 Å². The van der Waals surface area contributed by atoms with Gasteiger partial charge in [-0.05, 0) is 13.3 Å². The van der Waals surface area contributed by atoms with Gasteiger partial charge in [0, 0.05) is 32.7 Å². The molecule has 0 aromatic heterocycles. The Balaban J connectivity index is 2.55. The highest BCUT2D eigenvalue weighted by molar-refractivity contribution is 5.82. The second kappa shape index (κ2) is 5.16. The molecule has 0 saturated carbocycles. The number of carbonyl (C=O) groups excluding carboxylic acids is 1. The van der Waals surface area contributed by atoms with Gasteiger partial charge in [-0.1, -0.05) is 0 Å². The number of aliphatic hydroxyl groups is 1. The molecule has 6 nitrogen and oxygen atoms in total. The number of hydrogen-bond acceptors (Lipinski definition) is 3. The van der Waals surface area contributed by atoms with Crippen LogP contribution in [-0.2, 0) is 4.79 Å².